The zero-order valence-corrected chi connectivity index (χ0v) is 10.8. The van der Waals surface area contributed by atoms with Crippen molar-refractivity contribution >= 4 is 11.9 Å². The highest BCUT2D eigenvalue weighted by molar-refractivity contribution is 5.34. The Morgan fingerprint density at radius 1 is 1.06 bits per heavy atom. The van der Waals surface area contributed by atoms with Crippen molar-refractivity contribution in [1.82, 2.24) is 20.1 Å². The SMILES string of the molecule is Nc1nc(N2CCC(N3CCCCC3)CC2)n[nH]1. The molecule has 18 heavy (non-hydrogen) atoms. The molecule has 0 aliphatic carbocycles. The molecule has 0 radical (unpaired) electrons. The average molecular weight is 250 g/mol. The molecule has 2 fully saturated rings. The number of aromatic nitrogens is 3. The van der Waals surface area contributed by atoms with E-state index in [2.05, 4.69) is 25.0 Å². The predicted octanol–water partition coefficient (Wildman–Crippen LogP) is 0.842. The molecule has 3 heterocycles. The lowest BCUT2D eigenvalue weighted by Gasteiger charge is -2.39. The molecule has 2 saturated heterocycles. The summed E-state index contributed by atoms with van der Waals surface area (Å²) in [6, 6.07) is 0.762. The molecule has 1 aromatic rings. The van der Waals surface area contributed by atoms with Crippen molar-refractivity contribution in [1.29, 1.82) is 0 Å². The summed E-state index contributed by atoms with van der Waals surface area (Å²) < 4.78 is 0. The Bertz CT molecular complexity index is 376. The third kappa shape index (κ3) is 2.43. The number of anilines is 2. The highest BCUT2D eigenvalue weighted by Gasteiger charge is 2.26. The van der Waals surface area contributed by atoms with Crippen molar-refractivity contribution in [3.05, 3.63) is 0 Å². The first-order valence-electron chi connectivity index (χ1n) is 7.00. The van der Waals surface area contributed by atoms with Crippen LogP contribution in [0.25, 0.3) is 0 Å². The Morgan fingerprint density at radius 3 is 2.39 bits per heavy atom. The number of nitrogens with one attached hydrogen (secondary N) is 1. The lowest BCUT2D eigenvalue weighted by Crippen LogP contribution is -2.47. The van der Waals surface area contributed by atoms with E-state index in [0.717, 1.165) is 25.1 Å². The van der Waals surface area contributed by atoms with Crippen molar-refractivity contribution in [2.24, 2.45) is 0 Å². The Labute approximate surface area is 108 Å². The molecule has 0 aromatic carbocycles. The molecule has 0 amide bonds. The van der Waals surface area contributed by atoms with Crippen LogP contribution in [0.3, 0.4) is 0 Å². The fourth-order valence-electron chi connectivity index (χ4n) is 3.12. The second-order valence-electron chi connectivity index (χ2n) is 5.34. The summed E-state index contributed by atoms with van der Waals surface area (Å²) >= 11 is 0. The van der Waals surface area contributed by atoms with Gasteiger partial charge in [-0.3, -0.25) is 0 Å². The van der Waals surface area contributed by atoms with E-state index >= 15 is 0 Å². The van der Waals surface area contributed by atoms with E-state index in [9.17, 15) is 0 Å². The van der Waals surface area contributed by atoms with Gasteiger partial charge in [-0.15, -0.1) is 5.10 Å². The minimum atomic E-state index is 0.406. The van der Waals surface area contributed by atoms with Crippen molar-refractivity contribution in [3.63, 3.8) is 0 Å². The number of hydrogen-bond acceptors (Lipinski definition) is 5. The first-order chi connectivity index (χ1) is 8.83. The zero-order valence-electron chi connectivity index (χ0n) is 10.8. The van der Waals surface area contributed by atoms with E-state index in [1.807, 2.05) is 0 Å². The van der Waals surface area contributed by atoms with Crippen molar-refractivity contribution in [3.8, 4) is 0 Å². The maximum Gasteiger partial charge on any atom is 0.246 e. The number of nitrogen functional groups attached to an aromatic ring is 1. The van der Waals surface area contributed by atoms with Crippen LogP contribution in [0.15, 0.2) is 0 Å². The summed E-state index contributed by atoms with van der Waals surface area (Å²) in [5.41, 5.74) is 5.57. The molecule has 3 N–H and O–H groups in total. The van der Waals surface area contributed by atoms with Gasteiger partial charge < -0.3 is 15.5 Å². The summed E-state index contributed by atoms with van der Waals surface area (Å²) in [6.45, 7) is 4.66. The van der Waals surface area contributed by atoms with E-state index in [-0.39, 0.29) is 0 Å². The van der Waals surface area contributed by atoms with E-state index in [0.29, 0.717) is 5.95 Å². The molecule has 0 unspecified atom stereocenters. The second kappa shape index (κ2) is 5.14. The van der Waals surface area contributed by atoms with Gasteiger partial charge in [-0.1, -0.05) is 6.42 Å². The maximum absolute atomic E-state index is 5.57. The van der Waals surface area contributed by atoms with Gasteiger partial charge in [0.1, 0.15) is 0 Å². The van der Waals surface area contributed by atoms with E-state index in [1.165, 1.54) is 45.2 Å². The smallest absolute Gasteiger partial charge is 0.246 e. The topological polar surface area (TPSA) is 74.1 Å². The molecule has 2 aliphatic heterocycles. The number of piperidine rings is 2. The van der Waals surface area contributed by atoms with Gasteiger partial charge in [0.15, 0.2) is 0 Å². The van der Waals surface area contributed by atoms with Gasteiger partial charge in [-0.25, -0.2) is 5.10 Å². The van der Waals surface area contributed by atoms with Crippen LogP contribution in [-0.4, -0.2) is 52.3 Å². The van der Waals surface area contributed by atoms with Gasteiger partial charge in [0.05, 0.1) is 0 Å². The van der Waals surface area contributed by atoms with Crippen LogP contribution in [0.2, 0.25) is 0 Å². The minimum Gasteiger partial charge on any atom is -0.368 e. The minimum absolute atomic E-state index is 0.406. The van der Waals surface area contributed by atoms with Crippen molar-refractivity contribution in [2.45, 2.75) is 38.1 Å². The average Bonchev–Trinajstić information content (AvgIpc) is 2.87. The van der Waals surface area contributed by atoms with Crippen LogP contribution in [0.1, 0.15) is 32.1 Å². The second-order valence-corrected chi connectivity index (χ2v) is 5.34. The van der Waals surface area contributed by atoms with Gasteiger partial charge in [-0.2, -0.15) is 4.98 Å². The van der Waals surface area contributed by atoms with E-state index < -0.39 is 0 Å². The number of nitrogens with zero attached hydrogens (tertiary/aromatic N) is 4. The predicted molar refractivity (Wildman–Crippen MR) is 71.5 cm³/mol. The Hall–Kier alpha value is -1.30. The lowest BCUT2D eigenvalue weighted by atomic mass is 10.0. The van der Waals surface area contributed by atoms with Gasteiger partial charge in [-0.05, 0) is 38.8 Å². The van der Waals surface area contributed by atoms with E-state index in [1.54, 1.807) is 0 Å². The quantitative estimate of drug-likeness (QED) is 0.813. The molecule has 6 nitrogen and oxygen atoms in total. The third-order valence-electron chi connectivity index (χ3n) is 4.15. The number of nitrogens with two attached hydrogens (primary N) is 1. The molecular formula is C12H22N6. The highest BCUT2D eigenvalue weighted by Crippen LogP contribution is 2.22. The first kappa shape index (κ1) is 11.8. The van der Waals surface area contributed by atoms with Crippen molar-refractivity contribution in [2.75, 3.05) is 36.8 Å². The third-order valence-corrected chi connectivity index (χ3v) is 4.15. The molecule has 0 bridgehead atoms. The molecule has 2 aliphatic rings. The van der Waals surface area contributed by atoms with Crippen LogP contribution in [0.4, 0.5) is 11.9 Å². The van der Waals surface area contributed by atoms with Crippen molar-refractivity contribution < 1.29 is 0 Å². The summed E-state index contributed by atoms with van der Waals surface area (Å²) in [7, 11) is 0. The Kier molecular flexibility index (Phi) is 3.36. The molecular weight excluding hydrogens is 228 g/mol. The van der Waals surface area contributed by atoms with Gasteiger partial charge >= 0.3 is 0 Å². The maximum atomic E-state index is 5.57. The van der Waals surface area contributed by atoms with Crippen LogP contribution >= 0.6 is 0 Å². The van der Waals surface area contributed by atoms with Crippen LogP contribution in [0.5, 0.6) is 0 Å². The number of rotatable bonds is 2. The van der Waals surface area contributed by atoms with Crippen LogP contribution in [-0.2, 0) is 0 Å². The summed E-state index contributed by atoms with van der Waals surface area (Å²) in [4.78, 5) is 9.10. The number of aromatic amines is 1. The molecule has 3 rings (SSSR count). The summed E-state index contributed by atoms with van der Waals surface area (Å²) in [6.07, 6.45) is 6.59. The normalized spacial score (nSPS) is 23.4. The fourth-order valence-corrected chi connectivity index (χ4v) is 3.12. The van der Waals surface area contributed by atoms with Gasteiger partial charge in [0.2, 0.25) is 11.9 Å². The monoisotopic (exact) mass is 250 g/mol. The summed E-state index contributed by atoms with van der Waals surface area (Å²) in [5, 5.41) is 6.83. The largest absolute Gasteiger partial charge is 0.368 e. The summed E-state index contributed by atoms with van der Waals surface area (Å²) in [5.74, 6) is 1.16. The van der Waals surface area contributed by atoms with Crippen LogP contribution < -0.4 is 10.6 Å². The molecule has 6 heteroatoms. The molecule has 0 saturated carbocycles. The molecule has 100 valence electrons. The van der Waals surface area contributed by atoms with Gasteiger partial charge in [0, 0.05) is 19.1 Å². The van der Waals surface area contributed by atoms with E-state index in [4.69, 9.17) is 5.73 Å². The number of likely N-dealkylation sites (tertiary alicyclic amines) is 1. The standard InChI is InChI=1S/C12H22N6/c13-11-14-12(16-15-11)18-8-4-10(5-9-18)17-6-2-1-3-7-17/h10H,1-9H2,(H3,13,14,15,16). The molecule has 0 spiro atoms. The number of hydrogen-bond donors (Lipinski definition) is 2. The molecule has 1 aromatic heterocycles. The van der Waals surface area contributed by atoms with Crippen LogP contribution in [0, 0.1) is 0 Å². The Balaban J connectivity index is 1.54. The zero-order chi connectivity index (χ0) is 12.4. The fraction of sp³-hybridized carbons (Fsp3) is 0.833. The highest BCUT2D eigenvalue weighted by atomic mass is 15.4. The first-order valence-corrected chi connectivity index (χ1v) is 7.00. The number of H-pyrrole nitrogens is 1. The molecule has 0 atom stereocenters. The van der Waals surface area contributed by atoms with Gasteiger partial charge in [0.25, 0.3) is 0 Å². The Morgan fingerprint density at radius 2 is 1.78 bits per heavy atom. The lowest BCUT2D eigenvalue weighted by molar-refractivity contribution is 0.141.